The van der Waals surface area contributed by atoms with Crippen LogP contribution < -0.4 is 10.6 Å². The third-order valence-electron chi connectivity index (χ3n) is 2.47. The Kier molecular flexibility index (Phi) is 6.16. The zero-order chi connectivity index (χ0) is 12.6. The third kappa shape index (κ3) is 7.88. The number of rotatable bonds is 7. The largest absolute Gasteiger partial charge is 0.315 e. The van der Waals surface area contributed by atoms with E-state index in [1.807, 2.05) is 18.3 Å². The lowest BCUT2D eigenvalue weighted by molar-refractivity contribution is 0.421. The molecule has 0 fully saturated rings. The SMILES string of the molecule is CC(C)(C)NCCNCCCc1ccccn1. The molecule has 0 aromatic carbocycles. The monoisotopic (exact) mass is 235 g/mol. The predicted molar refractivity (Wildman–Crippen MR) is 73.2 cm³/mol. The zero-order valence-corrected chi connectivity index (χ0v) is 11.3. The van der Waals surface area contributed by atoms with Gasteiger partial charge >= 0.3 is 0 Å². The van der Waals surface area contributed by atoms with E-state index in [9.17, 15) is 0 Å². The highest BCUT2D eigenvalue weighted by atomic mass is 15.0. The molecular weight excluding hydrogens is 210 g/mol. The first-order valence-electron chi connectivity index (χ1n) is 6.43. The van der Waals surface area contributed by atoms with Gasteiger partial charge in [0, 0.05) is 30.5 Å². The highest BCUT2D eigenvalue weighted by molar-refractivity contribution is 5.03. The lowest BCUT2D eigenvalue weighted by Gasteiger charge is -2.20. The molecule has 0 spiro atoms. The Balaban J connectivity index is 1.95. The number of hydrogen-bond acceptors (Lipinski definition) is 3. The van der Waals surface area contributed by atoms with Crippen LogP contribution in [0, 0.1) is 0 Å². The summed E-state index contributed by atoms with van der Waals surface area (Å²) in [5, 5.41) is 6.89. The Bertz CT molecular complexity index is 290. The van der Waals surface area contributed by atoms with Gasteiger partial charge in [0.05, 0.1) is 0 Å². The minimum atomic E-state index is 0.218. The van der Waals surface area contributed by atoms with Gasteiger partial charge in [0.2, 0.25) is 0 Å². The molecule has 3 nitrogen and oxygen atoms in total. The van der Waals surface area contributed by atoms with Crippen LogP contribution in [0.25, 0.3) is 0 Å². The molecule has 96 valence electrons. The maximum Gasteiger partial charge on any atom is 0.0404 e. The van der Waals surface area contributed by atoms with E-state index in [-0.39, 0.29) is 5.54 Å². The highest BCUT2D eigenvalue weighted by Crippen LogP contribution is 1.97. The third-order valence-corrected chi connectivity index (χ3v) is 2.47. The Hall–Kier alpha value is -0.930. The molecule has 1 heterocycles. The van der Waals surface area contributed by atoms with Crippen molar-refractivity contribution in [3.8, 4) is 0 Å². The molecule has 0 bridgehead atoms. The number of aryl methyl sites for hydroxylation is 1. The van der Waals surface area contributed by atoms with E-state index in [0.717, 1.165) is 32.5 Å². The number of aromatic nitrogens is 1. The summed E-state index contributed by atoms with van der Waals surface area (Å²) in [7, 11) is 0. The van der Waals surface area contributed by atoms with Crippen molar-refractivity contribution in [1.29, 1.82) is 0 Å². The van der Waals surface area contributed by atoms with Gasteiger partial charge in [-0.05, 0) is 52.3 Å². The summed E-state index contributed by atoms with van der Waals surface area (Å²) in [6, 6.07) is 6.09. The van der Waals surface area contributed by atoms with E-state index in [1.165, 1.54) is 5.69 Å². The Morgan fingerprint density at radius 3 is 2.59 bits per heavy atom. The first-order valence-corrected chi connectivity index (χ1v) is 6.43. The van der Waals surface area contributed by atoms with Crippen LogP contribution in [0.15, 0.2) is 24.4 Å². The van der Waals surface area contributed by atoms with Gasteiger partial charge < -0.3 is 10.6 Å². The quantitative estimate of drug-likeness (QED) is 0.710. The van der Waals surface area contributed by atoms with Crippen LogP contribution in [0.5, 0.6) is 0 Å². The summed E-state index contributed by atoms with van der Waals surface area (Å²) in [5.74, 6) is 0. The normalized spacial score (nSPS) is 11.7. The predicted octanol–water partition coefficient (Wildman–Crippen LogP) is 1.99. The van der Waals surface area contributed by atoms with Crippen LogP contribution in [-0.4, -0.2) is 30.2 Å². The molecule has 1 aromatic heterocycles. The van der Waals surface area contributed by atoms with E-state index in [2.05, 4.69) is 42.5 Å². The van der Waals surface area contributed by atoms with Gasteiger partial charge in [-0.3, -0.25) is 4.98 Å². The maximum atomic E-state index is 4.30. The van der Waals surface area contributed by atoms with Gasteiger partial charge in [-0.2, -0.15) is 0 Å². The molecule has 0 saturated carbocycles. The minimum absolute atomic E-state index is 0.218. The van der Waals surface area contributed by atoms with E-state index < -0.39 is 0 Å². The standard InChI is InChI=1S/C14H25N3/c1-14(2,3)17-12-11-15-9-6-8-13-7-4-5-10-16-13/h4-5,7,10,15,17H,6,8-9,11-12H2,1-3H3. The van der Waals surface area contributed by atoms with Crippen molar-refractivity contribution in [1.82, 2.24) is 15.6 Å². The molecule has 0 aliphatic carbocycles. The molecule has 1 rings (SSSR count). The number of hydrogen-bond donors (Lipinski definition) is 2. The van der Waals surface area contributed by atoms with Gasteiger partial charge in [-0.15, -0.1) is 0 Å². The van der Waals surface area contributed by atoms with Gasteiger partial charge in [0.25, 0.3) is 0 Å². The van der Waals surface area contributed by atoms with Gasteiger partial charge in [0.1, 0.15) is 0 Å². The molecule has 17 heavy (non-hydrogen) atoms. The zero-order valence-electron chi connectivity index (χ0n) is 11.3. The van der Waals surface area contributed by atoms with Crippen molar-refractivity contribution in [3.63, 3.8) is 0 Å². The summed E-state index contributed by atoms with van der Waals surface area (Å²) in [6.45, 7) is 9.67. The van der Waals surface area contributed by atoms with Gasteiger partial charge in [-0.1, -0.05) is 6.07 Å². The Labute approximate surface area is 105 Å². The number of pyridine rings is 1. The van der Waals surface area contributed by atoms with Crippen molar-refractivity contribution in [3.05, 3.63) is 30.1 Å². The second kappa shape index (κ2) is 7.41. The van der Waals surface area contributed by atoms with Crippen LogP contribution in [0.1, 0.15) is 32.9 Å². The summed E-state index contributed by atoms with van der Waals surface area (Å²) in [5.41, 5.74) is 1.40. The van der Waals surface area contributed by atoms with Gasteiger partial charge in [0.15, 0.2) is 0 Å². The molecule has 0 amide bonds. The lowest BCUT2D eigenvalue weighted by Crippen LogP contribution is -2.40. The molecule has 0 atom stereocenters. The van der Waals surface area contributed by atoms with E-state index in [1.54, 1.807) is 0 Å². The minimum Gasteiger partial charge on any atom is -0.315 e. The van der Waals surface area contributed by atoms with Crippen LogP contribution in [0.4, 0.5) is 0 Å². The van der Waals surface area contributed by atoms with Crippen molar-refractivity contribution in [2.24, 2.45) is 0 Å². The highest BCUT2D eigenvalue weighted by Gasteiger charge is 2.06. The number of nitrogens with one attached hydrogen (secondary N) is 2. The summed E-state index contributed by atoms with van der Waals surface area (Å²) in [4.78, 5) is 4.30. The van der Waals surface area contributed by atoms with E-state index in [0.29, 0.717) is 0 Å². The fourth-order valence-corrected chi connectivity index (χ4v) is 1.59. The maximum absolute atomic E-state index is 4.30. The first-order chi connectivity index (χ1) is 8.08. The molecule has 0 aliphatic heterocycles. The average Bonchev–Trinajstić information content (AvgIpc) is 2.28. The molecule has 3 heteroatoms. The van der Waals surface area contributed by atoms with E-state index in [4.69, 9.17) is 0 Å². The van der Waals surface area contributed by atoms with Crippen molar-refractivity contribution in [2.45, 2.75) is 39.2 Å². The van der Waals surface area contributed by atoms with Crippen molar-refractivity contribution < 1.29 is 0 Å². The summed E-state index contributed by atoms with van der Waals surface area (Å²) < 4.78 is 0. The molecule has 0 aliphatic rings. The second-order valence-corrected chi connectivity index (χ2v) is 5.35. The van der Waals surface area contributed by atoms with Gasteiger partial charge in [-0.25, -0.2) is 0 Å². The molecular formula is C14H25N3. The summed E-state index contributed by atoms with van der Waals surface area (Å²) >= 11 is 0. The topological polar surface area (TPSA) is 37.0 Å². The molecule has 1 aromatic rings. The molecule has 0 unspecified atom stereocenters. The molecule has 0 saturated heterocycles. The van der Waals surface area contributed by atoms with E-state index >= 15 is 0 Å². The summed E-state index contributed by atoms with van der Waals surface area (Å²) in [6.07, 6.45) is 4.06. The number of nitrogens with zero attached hydrogens (tertiary/aromatic N) is 1. The smallest absolute Gasteiger partial charge is 0.0404 e. The molecule has 2 N–H and O–H groups in total. The lowest BCUT2D eigenvalue weighted by atomic mass is 10.1. The van der Waals surface area contributed by atoms with Crippen LogP contribution in [-0.2, 0) is 6.42 Å². The second-order valence-electron chi connectivity index (χ2n) is 5.35. The van der Waals surface area contributed by atoms with Crippen molar-refractivity contribution in [2.75, 3.05) is 19.6 Å². The average molecular weight is 235 g/mol. The Morgan fingerprint density at radius 1 is 1.12 bits per heavy atom. The van der Waals surface area contributed by atoms with Crippen molar-refractivity contribution >= 4 is 0 Å². The fourth-order valence-electron chi connectivity index (χ4n) is 1.59. The van der Waals surface area contributed by atoms with Crippen LogP contribution >= 0.6 is 0 Å². The first kappa shape index (κ1) is 14.1. The fraction of sp³-hybridized carbons (Fsp3) is 0.643. The Morgan fingerprint density at radius 2 is 1.94 bits per heavy atom. The van der Waals surface area contributed by atoms with Crippen LogP contribution in [0.3, 0.4) is 0 Å². The molecule has 0 radical (unpaired) electrons. The van der Waals surface area contributed by atoms with Crippen LogP contribution in [0.2, 0.25) is 0 Å².